The van der Waals surface area contributed by atoms with E-state index in [1.54, 1.807) is 0 Å². The summed E-state index contributed by atoms with van der Waals surface area (Å²) >= 11 is 0. The van der Waals surface area contributed by atoms with Gasteiger partial charge in [0.05, 0.1) is 19.1 Å². The third kappa shape index (κ3) is 3.38. The van der Waals surface area contributed by atoms with E-state index < -0.39 is 0 Å². The summed E-state index contributed by atoms with van der Waals surface area (Å²) in [5, 5.41) is 3.23. The van der Waals surface area contributed by atoms with E-state index in [2.05, 4.69) is 10.1 Å². The van der Waals surface area contributed by atoms with E-state index in [-0.39, 0.29) is 17.9 Å². The molecule has 4 nitrogen and oxygen atoms in total. The molecular formula is C12H19NO3. The van der Waals surface area contributed by atoms with E-state index in [9.17, 15) is 4.79 Å². The van der Waals surface area contributed by atoms with Gasteiger partial charge >= 0.3 is 5.97 Å². The number of ether oxygens (including phenoxy) is 1. The highest BCUT2D eigenvalue weighted by molar-refractivity contribution is 5.72. The van der Waals surface area contributed by atoms with Crippen molar-refractivity contribution in [3.63, 3.8) is 0 Å². The quantitative estimate of drug-likeness (QED) is 0.779. The predicted molar refractivity (Wildman–Crippen MR) is 61.0 cm³/mol. The lowest BCUT2D eigenvalue weighted by molar-refractivity contribution is -0.144. The van der Waals surface area contributed by atoms with Crippen LogP contribution in [0.2, 0.25) is 0 Å². The van der Waals surface area contributed by atoms with Gasteiger partial charge in [-0.15, -0.1) is 0 Å². The minimum Gasteiger partial charge on any atom is -0.469 e. The van der Waals surface area contributed by atoms with Crippen LogP contribution < -0.4 is 5.32 Å². The second-order valence-electron chi connectivity index (χ2n) is 4.00. The standard InChI is InChI=1S/C12H19NO3/c1-8(12(14)15-4)7-13-10(3)11-6-5-9(2)16-11/h5-6,8,10,13H,7H2,1-4H3. The number of furan rings is 1. The Morgan fingerprint density at radius 2 is 2.19 bits per heavy atom. The van der Waals surface area contributed by atoms with Gasteiger partial charge in [0.2, 0.25) is 0 Å². The number of aryl methyl sites for hydroxylation is 1. The summed E-state index contributed by atoms with van der Waals surface area (Å²) in [5.41, 5.74) is 0. The summed E-state index contributed by atoms with van der Waals surface area (Å²) < 4.78 is 10.1. The lowest BCUT2D eigenvalue weighted by Gasteiger charge is -2.14. The summed E-state index contributed by atoms with van der Waals surface area (Å²) in [6.07, 6.45) is 0. The number of methoxy groups -OCH3 is 1. The number of esters is 1. The van der Waals surface area contributed by atoms with Crippen molar-refractivity contribution in [1.82, 2.24) is 5.32 Å². The fourth-order valence-corrected chi connectivity index (χ4v) is 1.42. The van der Waals surface area contributed by atoms with Crippen LogP contribution in [0.15, 0.2) is 16.5 Å². The summed E-state index contributed by atoms with van der Waals surface area (Å²) in [4.78, 5) is 11.2. The second-order valence-corrected chi connectivity index (χ2v) is 4.00. The first-order valence-electron chi connectivity index (χ1n) is 5.42. The highest BCUT2D eigenvalue weighted by Crippen LogP contribution is 2.15. The Bertz CT molecular complexity index is 346. The Balaban J connectivity index is 2.41. The van der Waals surface area contributed by atoms with E-state index in [0.29, 0.717) is 6.54 Å². The van der Waals surface area contributed by atoms with Crippen molar-refractivity contribution in [3.05, 3.63) is 23.7 Å². The van der Waals surface area contributed by atoms with Crippen LogP contribution in [0, 0.1) is 12.8 Å². The molecule has 0 amide bonds. The molecule has 16 heavy (non-hydrogen) atoms. The Morgan fingerprint density at radius 1 is 1.50 bits per heavy atom. The SMILES string of the molecule is COC(=O)C(C)CNC(C)c1ccc(C)o1. The van der Waals surface area contributed by atoms with Crippen molar-refractivity contribution < 1.29 is 13.9 Å². The van der Waals surface area contributed by atoms with Gasteiger partial charge in [0, 0.05) is 6.54 Å². The maximum absolute atomic E-state index is 11.2. The molecule has 0 spiro atoms. The molecule has 2 unspecified atom stereocenters. The van der Waals surface area contributed by atoms with Crippen molar-refractivity contribution in [3.8, 4) is 0 Å². The summed E-state index contributed by atoms with van der Waals surface area (Å²) in [7, 11) is 1.40. The molecule has 1 rings (SSSR count). The van der Waals surface area contributed by atoms with Gasteiger partial charge in [-0.05, 0) is 26.0 Å². The number of nitrogens with one attached hydrogen (secondary N) is 1. The number of hydrogen-bond acceptors (Lipinski definition) is 4. The normalized spacial score (nSPS) is 14.5. The van der Waals surface area contributed by atoms with Gasteiger partial charge < -0.3 is 14.5 Å². The van der Waals surface area contributed by atoms with Crippen molar-refractivity contribution in [1.29, 1.82) is 0 Å². The van der Waals surface area contributed by atoms with E-state index in [4.69, 9.17) is 4.42 Å². The third-order valence-electron chi connectivity index (χ3n) is 2.52. The Morgan fingerprint density at radius 3 is 2.69 bits per heavy atom. The molecule has 0 aliphatic carbocycles. The first-order chi connectivity index (χ1) is 7.54. The van der Waals surface area contributed by atoms with Crippen LogP contribution >= 0.6 is 0 Å². The van der Waals surface area contributed by atoms with Gasteiger partial charge in [0.15, 0.2) is 0 Å². The molecule has 0 aliphatic rings. The van der Waals surface area contributed by atoms with Gasteiger partial charge in [-0.2, -0.15) is 0 Å². The van der Waals surface area contributed by atoms with Gasteiger partial charge in [0.25, 0.3) is 0 Å². The molecule has 0 radical (unpaired) electrons. The fraction of sp³-hybridized carbons (Fsp3) is 0.583. The van der Waals surface area contributed by atoms with Crippen LogP contribution in [0.1, 0.15) is 31.4 Å². The number of carbonyl (C=O) groups is 1. The zero-order valence-corrected chi connectivity index (χ0v) is 10.2. The molecule has 90 valence electrons. The molecule has 1 aromatic rings. The topological polar surface area (TPSA) is 51.5 Å². The van der Waals surface area contributed by atoms with E-state index >= 15 is 0 Å². The van der Waals surface area contributed by atoms with Crippen molar-refractivity contribution in [2.75, 3.05) is 13.7 Å². The molecule has 1 N–H and O–H groups in total. The maximum Gasteiger partial charge on any atom is 0.309 e. The first kappa shape index (κ1) is 12.8. The maximum atomic E-state index is 11.2. The van der Waals surface area contributed by atoms with Crippen molar-refractivity contribution in [2.45, 2.75) is 26.8 Å². The first-order valence-corrected chi connectivity index (χ1v) is 5.42. The van der Waals surface area contributed by atoms with Crippen LogP contribution in [0.25, 0.3) is 0 Å². The molecule has 0 saturated carbocycles. The summed E-state index contributed by atoms with van der Waals surface area (Å²) in [6, 6.07) is 3.97. The average Bonchev–Trinajstić information content (AvgIpc) is 2.71. The molecule has 0 bridgehead atoms. The van der Waals surface area contributed by atoms with Gasteiger partial charge in [-0.1, -0.05) is 6.92 Å². The van der Waals surface area contributed by atoms with Crippen LogP contribution in [-0.4, -0.2) is 19.6 Å². The van der Waals surface area contributed by atoms with Crippen molar-refractivity contribution >= 4 is 5.97 Å². The monoisotopic (exact) mass is 225 g/mol. The lowest BCUT2D eigenvalue weighted by Crippen LogP contribution is -2.29. The van der Waals surface area contributed by atoms with E-state index in [0.717, 1.165) is 11.5 Å². The fourth-order valence-electron chi connectivity index (χ4n) is 1.42. The van der Waals surface area contributed by atoms with E-state index in [1.165, 1.54) is 7.11 Å². The minimum atomic E-state index is -0.199. The summed E-state index contributed by atoms with van der Waals surface area (Å²) in [6.45, 7) is 6.32. The smallest absolute Gasteiger partial charge is 0.309 e. The zero-order chi connectivity index (χ0) is 12.1. The minimum absolute atomic E-state index is 0.0980. The Hall–Kier alpha value is -1.29. The number of carbonyl (C=O) groups excluding carboxylic acids is 1. The van der Waals surface area contributed by atoms with Crippen LogP contribution in [-0.2, 0) is 9.53 Å². The molecule has 4 heteroatoms. The van der Waals surface area contributed by atoms with Gasteiger partial charge in [-0.25, -0.2) is 0 Å². The average molecular weight is 225 g/mol. The number of hydrogen-bond donors (Lipinski definition) is 1. The molecule has 1 heterocycles. The number of rotatable bonds is 5. The molecule has 0 fully saturated rings. The second kappa shape index (κ2) is 5.70. The largest absolute Gasteiger partial charge is 0.469 e. The molecule has 0 aromatic carbocycles. The van der Waals surface area contributed by atoms with Crippen molar-refractivity contribution in [2.24, 2.45) is 5.92 Å². The van der Waals surface area contributed by atoms with Crippen LogP contribution in [0.5, 0.6) is 0 Å². The molecule has 0 saturated heterocycles. The molecule has 0 aliphatic heterocycles. The molecule has 1 aromatic heterocycles. The van der Waals surface area contributed by atoms with E-state index in [1.807, 2.05) is 32.9 Å². The Kier molecular flexibility index (Phi) is 4.55. The lowest BCUT2D eigenvalue weighted by atomic mass is 10.1. The zero-order valence-electron chi connectivity index (χ0n) is 10.2. The van der Waals surface area contributed by atoms with Gasteiger partial charge in [0.1, 0.15) is 11.5 Å². The highest BCUT2D eigenvalue weighted by Gasteiger charge is 2.15. The van der Waals surface area contributed by atoms with Crippen LogP contribution in [0.3, 0.4) is 0 Å². The molecular weight excluding hydrogens is 206 g/mol. The highest BCUT2D eigenvalue weighted by atomic mass is 16.5. The third-order valence-corrected chi connectivity index (χ3v) is 2.52. The van der Waals surface area contributed by atoms with Gasteiger partial charge in [-0.3, -0.25) is 4.79 Å². The Labute approximate surface area is 96.0 Å². The summed E-state index contributed by atoms with van der Waals surface area (Å²) in [5.74, 6) is 1.43. The molecule has 2 atom stereocenters. The van der Waals surface area contributed by atoms with Crippen LogP contribution in [0.4, 0.5) is 0 Å². The predicted octanol–water partition coefficient (Wildman–Crippen LogP) is 2.05.